The first kappa shape index (κ1) is 20.0. The van der Waals surface area contributed by atoms with Gasteiger partial charge in [0.25, 0.3) is 0 Å². The number of Topliss-reactive ketones (excluding diaryl/α,β-unsaturated/α-hetero) is 1. The van der Waals surface area contributed by atoms with E-state index in [1.165, 1.54) is 16.8 Å². The summed E-state index contributed by atoms with van der Waals surface area (Å²) >= 11 is 0. The number of benzene rings is 2. The highest BCUT2D eigenvalue weighted by atomic mass is 16.1. The van der Waals surface area contributed by atoms with E-state index in [9.17, 15) is 10.1 Å². The molecule has 2 aromatic carbocycles. The highest BCUT2D eigenvalue weighted by Gasteiger charge is 2.43. The third-order valence-electron chi connectivity index (χ3n) is 7.55. The Hall–Kier alpha value is -2.90. The van der Waals surface area contributed by atoms with Gasteiger partial charge in [-0.1, -0.05) is 26.8 Å². The molecular formula is C27H29N3O. The second-order valence-electron chi connectivity index (χ2n) is 9.67. The maximum absolute atomic E-state index is 13.7. The molecule has 1 heterocycles. The number of allylic oxidation sites excluding steroid dienone is 2. The summed E-state index contributed by atoms with van der Waals surface area (Å²) in [6.45, 7) is 8.59. The maximum Gasteiger partial charge on any atom is 0.193 e. The van der Waals surface area contributed by atoms with E-state index in [2.05, 4.69) is 43.9 Å². The first-order valence-corrected chi connectivity index (χ1v) is 11.3. The first-order chi connectivity index (χ1) is 14.8. The lowest BCUT2D eigenvalue weighted by Crippen LogP contribution is -2.40. The van der Waals surface area contributed by atoms with Crippen molar-refractivity contribution in [2.45, 2.75) is 57.9 Å². The zero-order valence-corrected chi connectivity index (χ0v) is 18.6. The number of hydrogen-bond acceptors (Lipinski definition) is 4. The van der Waals surface area contributed by atoms with Gasteiger partial charge in [0.2, 0.25) is 0 Å². The lowest BCUT2D eigenvalue weighted by molar-refractivity contribution is 0.105. The van der Waals surface area contributed by atoms with Crippen molar-refractivity contribution in [2.24, 2.45) is 5.73 Å². The summed E-state index contributed by atoms with van der Waals surface area (Å²) in [7, 11) is 0. The number of anilines is 1. The number of nitrogens with zero attached hydrogens (tertiary/aromatic N) is 2. The molecule has 5 rings (SSSR count). The number of piperidine rings is 1. The molecule has 2 N–H and O–H groups in total. The van der Waals surface area contributed by atoms with Crippen LogP contribution >= 0.6 is 0 Å². The largest absolute Gasteiger partial charge is 0.371 e. The molecule has 0 amide bonds. The van der Waals surface area contributed by atoms with Crippen molar-refractivity contribution in [3.05, 3.63) is 69.3 Å². The number of rotatable bonds is 2. The smallest absolute Gasteiger partial charge is 0.193 e. The van der Waals surface area contributed by atoms with Gasteiger partial charge in [-0.25, -0.2) is 0 Å². The van der Waals surface area contributed by atoms with E-state index in [1.54, 1.807) is 0 Å². The molecule has 0 aromatic heterocycles. The summed E-state index contributed by atoms with van der Waals surface area (Å²) in [6, 6.07) is 12.7. The minimum absolute atomic E-state index is 0.134. The fraction of sp³-hybridized carbons (Fsp3) is 0.407. The Morgan fingerprint density at radius 2 is 1.90 bits per heavy atom. The van der Waals surface area contributed by atoms with Crippen LogP contribution in [0.25, 0.3) is 5.57 Å². The molecule has 4 nitrogen and oxygen atoms in total. The third kappa shape index (κ3) is 2.95. The highest BCUT2D eigenvalue weighted by Crippen LogP contribution is 2.51. The Bertz CT molecular complexity index is 1170. The van der Waals surface area contributed by atoms with Crippen molar-refractivity contribution in [2.75, 3.05) is 18.0 Å². The number of nitrogens with two attached hydrogens (primary N) is 1. The van der Waals surface area contributed by atoms with Gasteiger partial charge in [-0.2, -0.15) is 5.26 Å². The van der Waals surface area contributed by atoms with Crippen LogP contribution in [-0.4, -0.2) is 24.9 Å². The average molecular weight is 412 g/mol. The Balaban J connectivity index is 1.64. The van der Waals surface area contributed by atoms with E-state index in [1.807, 2.05) is 18.2 Å². The van der Waals surface area contributed by atoms with E-state index in [-0.39, 0.29) is 11.2 Å². The molecule has 2 aromatic rings. The lowest BCUT2D eigenvalue weighted by Gasteiger charge is -2.38. The summed E-state index contributed by atoms with van der Waals surface area (Å²) in [6.07, 6.45) is 3.65. The number of nitriles is 1. The summed E-state index contributed by atoms with van der Waals surface area (Å²) < 4.78 is 0. The van der Waals surface area contributed by atoms with Gasteiger partial charge in [-0.3, -0.25) is 4.79 Å². The molecule has 0 saturated carbocycles. The van der Waals surface area contributed by atoms with Crippen molar-refractivity contribution in [1.82, 2.24) is 0 Å². The SMILES string of the molecule is CCc1cc2c(cc1N1CCC(N)CC1)C(C)(C)C1=C(C2=O)c2ccc(C#N)cc2C1. The molecule has 158 valence electrons. The van der Waals surface area contributed by atoms with Gasteiger partial charge in [0, 0.05) is 41.4 Å². The van der Waals surface area contributed by atoms with Crippen LogP contribution in [0.1, 0.15) is 71.8 Å². The van der Waals surface area contributed by atoms with Crippen LogP contribution in [0, 0.1) is 11.3 Å². The number of ketones is 1. The standard InChI is InChI=1S/C27H29N3O/c1-4-17-12-21-22(14-24(17)30-9-7-19(29)8-10-30)27(2,3)23-13-18-11-16(15-28)5-6-20(18)25(23)26(21)31/h5-6,11-12,14,19H,4,7-10,13,29H2,1-3H3. The van der Waals surface area contributed by atoms with Crippen LogP contribution in [0.3, 0.4) is 0 Å². The summed E-state index contributed by atoms with van der Waals surface area (Å²) in [5.74, 6) is 0.134. The quantitative estimate of drug-likeness (QED) is 0.788. The third-order valence-corrected chi connectivity index (χ3v) is 7.55. The van der Waals surface area contributed by atoms with Crippen LogP contribution in [0.2, 0.25) is 0 Å². The molecule has 3 aliphatic rings. The predicted molar refractivity (Wildman–Crippen MR) is 124 cm³/mol. The first-order valence-electron chi connectivity index (χ1n) is 11.3. The molecular weight excluding hydrogens is 382 g/mol. The monoisotopic (exact) mass is 411 g/mol. The zero-order chi connectivity index (χ0) is 21.9. The number of carbonyl (C=O) groups excluding carboxylic acids is 1. The van der Waals surface area contributed by atoms with Crippen LogP contribution in [0.4, 0.5) is 5.69 Å². The molecule has 0 unspecified atom stereocenters. The van der Waals surface area contributed by atoms with E-state index >= 15 is 0 Å². The second-order valence-corrected chi connectivity index (χ2v) is 9.67. The summed E-state index contributed by atoms with van der Waals surface area (Å²) in [5, 5.41) is 9.31. The maximum atomic E-state index is 13.7. The average Bonchev–Trinajstić information content (AvgIpc) is 3.17. The molecule has 31 heavy (non-hydrogen) atoms. The lowest BCUT2D eigenvalue weighted by atomic mass is 9.68. The number of hydrogen-bond donors (Lipinski definition) is 1. The Kier molecular flexibility index (Phi) is 4.57. The van der Waals surface area contributed by atoms with Crippen molar-refractivity contribution >= 4 is 17.0 Å². The van der Waals surface area contributed by atoms with Crippen LogP contribution in [-0.2, 0) is 18.3 Å². The molecule has 2 aliphatic carbocycles. The molecule has 0 spiro atoms. The fourth-order valence-corrected chi connectivity index (χ4v) is 5.64. The number of aryl methyl sites for hydroxylation is 1. The summed E-state index contributed by atoms with van der Waals surface area (Å²) in [4.78, 5) is 16.2. The highest BCUT2D eigenvalue weighted by molar-refractivity contribution is 6.33. The van der Waals surface area contributed by atoms with Gasteiger partial charge in [-0.05, 0) is 77.8 Å². The van der Waals surface area contributed by atoms with Crippen molar-refractivity contribution < 1.29 is 4.79 Å². The topological polar surface area (TPSA) is 70.1 Å². The van der Waals surface area contributed by atoms with Crippen molar-refractivity contribution in [1.29, 1.82) is 5.26 Å². The van der Waals surface area contributed by atoms with E-state index in [0.717, 1.165) is 66.6 Å². The van der Waals surface area contributed by atoms with Crippen LogP contribution in [0.5, 0.6) is 0 Å². The van der Waals surface area contributed by atoms with E-state index < -0.39 is 0 Å². The minimum atomic E-state index is -0.238. The number of fused-ring (bicyclic) bond motifs is 3. The molecule has 1 saturated heterocycles. The molecule has 0 radical (unpaired) electrons. The van der Waals surface area contributed by atoms with Crippen molar-refractivity contribution in [3.8, 4) is 6.07 Å². The molecule has 1 aliphatic heterocycles. The van der Waals surface area contributed by atoms with Gasteiger partial charge in [0.15, 0.2) is 5.78 Å². The van der Waals surface area contributed by atoms with Crippen LogP contribution in [0.15, 0.2) is 35.9 Å². The van der Waals surface area contributed by atoms with Gasteiger partial charge in [0.05, 0.1) is 11.6 Å². The van der Waals surface area contributed by atoms with Crippen molar-refractivity contribution in [3.63, 3.8) is 0 Å². The van der Waals surface area contributed by atoms with Gasteiger partial charge < -0.3 is 10.6 Å². The molecule has 0 bridgehead atoms. The normalized spacial score (nSPS) is 19.7. The number of carbonyl (C=O) groups is 1. The summed E-state index contributed by atoms with van der Waals surface area (Å²) in [5.41, 5.74) is 15.2. The second kappa shape index (κ2) is 7.07. The zero-order valence-electron chi connectivity index (χ0n) is 18.6. The van der Waals surface area contributed by atoms with E-state index in [4.69, 9.17) is 5.73 Å². The Labute approximate surface area is 184 Å². The van der Waals surface area contributed by atoms with Crippen LogP contribution < -0.4 is 10.6 Å². The Morgan fingerprint density at radius 1 is 1.16 bits per heavy atom. The van der Waals surface area contributed by atoms with E-state index in [0.29, 0.717) is 11.6 Å². The fourth-order valence-electron chi connectivity index (χ4n) is 5.64. The van der Waals surface area contributed by atoms with Gasteiger partial charge in [-0.15, -0.1) is 0 Å². The van der Waals surface area contributed by atoms with Gasteiger partial charge >= 0.3 is 0 Å². The van der Waals surface area contributed by atoms with Gasteiger partial charge in [0.1, 0.15) is 0 Å². The minimum Gasteiger partial charge on any atom is -0.371 e. The Morgan fingerprint density at radius 3 is 2.58 bits per heavy atom. The molecule has 1 fully saturated rings. The molecule has 0 atom stereocenters. The molecule has 4 heteroatoms. The predicted octanol–water partition coefficient (Wildman–Crippen LogP) is 4.53.